The monoisotopic (exact) mass is 263 g/mol. The van der Waals surface area contributed by atoms with E-state index in [9.17, 15) is 4.39 Å². The summed E-state index contributed by atoms with van der Waals surface area (Å²) in [5.74, 6) is -0.427. The van der Waals surface area contributed by atoms with E-state index in [0.717, 1.165) is 5.56 Å². The van der Waals surface area contributed by atoms with Gasteiger partial charge in [-0.25, -0.2) is 9.37 Å². The molecular weight excluding hydrogens is 249 g/mol. The summed E-state index contributed by atoms with van der Waals surface area (Å²) < 4.78 is 14.0. The first-order valence-electron chi connectivity index (χ1n) is 5.81. The van der Waals surface area contributed by atoms with Gasteiger partial charge in [0.15, 0.2) is 5.82 Å². The third-order valence-electron chi connectivity index (χ3n) is 2.69. The molecule has 2 aromatic rings. The van der Waals surface area contributed by atoms with Gasteiger partial charge in [0, 0.05) is 11.0 Å². The molecule has 1 aromatic heterocycles. The Kier molecular flexibility index (Phi) is 3.40. The van der Waals surface area contributed by atoms with Gasteiger partial charge in [0.2, 0.25) is 0 Å². The molecule has 0 aliphatic rings. The summed E-state index contributed by atoms with van der Waals surface area (Å²) in [4.78, 5) is 4.42. The molecule has 1 nitrogen and oxygen atoms in total. The number of halogens is 2. The summed E-state index contributed by atoms with van der Waals surface area (Å²) in [6.07, 6.45) is 0. The lowest BCUT2D eigenvalue weighted by molar-refractivity contribution is 0.504. The molecule has 0 saturated heterocycles. The Morgan fingerprint density at radius 2 is 1.72 bits per heavy atom. The summed E-state index contributed by atoms with van der Waals surface area (Å²) >= 11 is 5.96. The maximum atomic E-state index is 14.0. The van der Waals surface area contributed by atoms with Gasteiger partial charge < -0.3 is 0 Å². The molecule has 0 saturated carbocycles. The van der Waals surface area contributed by atoms with Gasteiger partial charge in [-0.1, -0.05) is 62.7 Å². The number of nitrogens with zero attached hydrogens (tertiary/aromatic N) is 1. The molecule has 0 amide bonds. The van der Waals surface area contributed by atoms with E-state index in [2.05, 4.69) is 4.98 Å². The van der Waals surface area contributed by atoms with Crippen LogP contribution in [-0.4, -0.2) is 4.98 Å². The van der Waals surface area contributed by atoms with Crippen LogP contribution in [0.1, 0.15) is 26.5 Å². The Morgan fingerprint density at radius 3 is 2.28 bits per heavy atom. The second kappa shape index (κ2) is 4.69. The first kappa shape index (κ1) is 13.0. The van der Waals surface area contributed by atoms with E-state index < -0.39 is 5.82 Å². The summed E-state index contributed by atoms with van der Waals surface area (Å²) in [5.41, 5.74) is 1.66. The van der Waals surface area contributed by atoms with Gasteiger partial charge in [0.05, 0.1) is 16.4 Å². The zero-order chi connectivity index (χ0) is 13.3. The van der Waals surface area contributed by atoms with Crippen molar-refractivity contribution in [1.82, 2.24) is 4.98 Å². The van der Waals surface area contributed by atoms with Crippen LogP contribution in [0.15, 0.2) is 36.4 Å². The third kappa shape index (κ3) is 2.54. The van der Waals surface area contributed by atoms with Crippen molar-refractivity contribution in [2.45, 2.75) is 26.2 Å². The van der Waals surface area contributed by atoms with Crippen molar-refractivity contribution in [2.24, 2.45) is 0 Å². The highest BCUT2D eigenvalue weighted by molar-refractivity contribution is 6.31. The lowest BCUT2D eigenvalue weighted by atomic mass is 9.90. The third-order valence-corrected chi connectivity index (χ3v) is 2.97. The number of hydrogen-bond acceptors (Lipinski definition) is 1. The first-order valence-corrected chi connectivity index (χ1v) is 6.19. The van der Waals surface area contributed by atoms with Gasteiger partial charge in [-0.2, -0.15) is 0 Å². The first-order chi connectivity index (χ1) is 8.39. The number of benzene rings is 1. The van der Waals surface area contributed by atoms with E-state index in [1.165, 1.54) is 0 Å². The minimum Gasteiger partial charge on any atom is -0.249 e. The second-order valence-electron chi connectivity index (χ2n) is 5.27. The molecule has 0 atom stereocenters. The average molecular weight is 264 g/mol. The van der Waals surface area contributed by atoms with Crippen LogP contribution in [0.4, 0.5) is 4.39 Å². The van der Waals surface area contributed by atoms with Crippen LogP contribution < -0.4 is 0 Å². The van der Waals surface area contributed by atoms with Crippen molar-refractivity contribution in [3.8, 4) is 11.3 Å². The standard InChI is InChI=1S/C15H15ClFN/c1-15(2,3)14-13(17)11(16)9-12(18-14)10-7-5-4-6-8-10/h4-9H,1-3H3. The molecule has 2 rings (SSSR count). The minimum absolute atomic E-state index is 0.119. The molecule has 0 N–H and O–H groups in total. The zero-order valence-corrected chi connectivity index (χ0v) is 11.4. The van der Waals surface area contributed by atoms with Crippen molar-refractivity contribution in [2.75, 3.05) is 0 Å². The number of aromatic nitrogens is 1. The molecule has 18 heavy (non-hydrogen) atoms. The highest BCUT2D eigenvalue weighted by Crippen LogP contribution is 2.31. The summed E-state index contributed by atoms with van der Waals surface area (Å²) in [5, 5.41) is 0.119. The van der Waals surface area contributed by atoms with Crippen LogP contribution in [0.3, 0.4) is 0 Å². The molecule has 0 unspecified atom stereocenters. The fraction of sp³-hybridized carbons (Fsp3) is 0.267. The Balaban J connectivity index is 2.62. The topological polar surface area (TPSA) is 12.9 Å². The smallest absolute Gasteiger partial charge is 0.163 e. The molecule has 0 bridgehead atoms. The van der Waals surface area contributed by atoms with Crippen LogP contribution in [-0.2, 0) is 5.41 Å². The summed E-state index contributed by atoms with van der Waals surface area (Å²) in [6.45, 7) is 5.76. The molecule has 3 heteroatoms. The van der Waals surface area contributed by atoms with Crippen molar-refractivity contribution in [3.63, 3.8) is 0 Å². The molecular formula is C15H15ClFN. The normalized spacial score (nSPS) is 11.6. The van der Waals surface area contributed by atoms with Gasteiger partial charge in [-0.15, -0.1) is 0 Å². The molecule has 0 radical (unpaired) electrons. The van der Waals surface area contributed by atoms with Gasteiger partial charge >= 0.3 is 0 Å². The van der Waals surface area contributed by atoms with E-state index in [0.29, 0.717) is 11.4 Å². The lowest BCUT2D eigenvalue weighted by Gasteiger charge is -2.20. The van der Waals surface area contributed by atoms with E-state index >= 15 is 0 Å². The Morgan fingerprint density at radius 1 is 1.11 bits per heavy atom. The predicted molar refractivity (Wildman–Crippen MR) is 73.3 cm³/mol. The summed E-state index contributed by atoms with van der Waals surface area (Å²) in [6, 6.07) is 11.2. The Hall–Kier alpha value is -1.41. The molecule has 0 spiro atoms. The van der Waals surface area contributed by atoms with Crippen molar-refractivity contribution in [3.05, 3.63) is 52.9 Å². The highest BCUT2D eigenvalue weighted by atomic mass is 35.5. The van der Waals surface area contributed by atoms with Crippen LogP contribution >= 0.6 is 11.6 Å². The number of pyridine rings is 1. The van der Waals surface area contributed by atoms with Crippen molar-refractivity contribution in [1.29, 1.82) is 0 Å². The van der Waals surface area contributed by atoms with E-state index in [1.807, 2.05) is 51.1 Å². The number of rotatable bonds is 1. The fourth-order valence-corrected chi connectivity index (χ4v) is 1.94. The molecule has 1 heterocycles. The largest absolute Gasteiger partial charge is 0.249 e. The summed E-state index contributed by atoms with van der Waals surface area (Å²) in [7, 11) is 0. The molecule has 0 aliphatic heterocycles. The van der Waals surface area contributed by atoms with Gasteiger partial charge in [-0.05, 0) is 6.07 Å². The average Bonchev–Trinajstić information content (AvgIpc) is 2.32. The fourth-order valence-electron chi connectivity index (χ4n) is 1.75. The molecule has 1 aromatic carbocycles. The van der Waals surface area contributed by atoms with E-state index in [1.54, 1.807) is 6.07 Å². The number of hydrogen-bond donors (Lipinski definition) is 0. The van der Waals surface area contributed by atoms with Gasteiger partial charge in [0.1, 0.15) is 0 Å². The van der Waals surface area contributed by atoms with Crippen LogP contribution in [0.25, 0.3) is 11.3 Å². The highest BCUT2D eigenvalue weighted by Gasteiger charge is 2.23. The SMILES string of the molecule is CC(C)(C)c1nc(-c2ccccc2)cc(Cl)c1F. The maximum Gasteiger partial charge on any atom is 0.163 e. The van der Waals surface area contributed by atoms with Gasteiger partial charge in [-0.3, -0.25) is 0 Å². The molecule has 0 fully saturated rings. The van der Waals surface area contributed by atoms with Gasteiger partial charge in [0.25, 0.3) is 0 Å². The Labute approximate surface area is 112 Å². The maximum absolute atomic E-state index is 14.0. The Bertz CT molecular complexity index is 559. The van der Waals surface area contributed by atoms with Crippen molar-refractivity contribution < 1.29 is 4.39 Å². The minimum atomic E-state index is -0.427. The van der Waals surface area contributed by atoms with E-state index in [-0.39, 0.29) is 10.4 Å². The van der Waals surface area contributed by atoms with Crippen LogP contribution in [0.5, 0.6) is 0 Å². The quantitative estimate of drug-likeness (QED) is 0.717. The van der Waals surface area contributed by atoms with Crippen LogP contribution in [0, 0.1) is 5.82 Å². The van der Waals surface area contributed by atoms with E-state index in [4.69, 9.17) is 11.6 Å². The molecule has 94 valence electrons. The molecule has 0 aliphatic carbocycles. The second-order valence-corrected chi connectivity index (χ2v) is 5.68. The van der Waals surface area contributed by atoms with Crippen LogP contribution in [0.2, 0.25) is 5.02 Å². The predicted octanol–water partition coefficient (Wildman–Crippen LogP) is 4.84. The van der Waals surface area contributed by atoms with Crippen molar-refractivity contribution >= 4 is 11.6 Å². The zero-order valence-electron chi connectivity index (χ0n) is 10.7. The lowest BCUT2D eigenvalue weighted by Crippen LogP contribution is -2.16.